The van der Waals surface area contributed by atoms with Crippen molar-refractivity contribution in [1.29, 1.82) is 0 Å². The minimum Gasteiger partial charge on any atom is -0.461 e. The average molecular weight is 270 g/mol. The second-order valence-electron chi connectivity index (χ2n) is 4.81. The average Bonchev–Trinajstić information content (AvgIpc) is 3.04. The van der Waals surface area contributed by atoms with E-state index in [-0.39, 0.29) is 0 Å². The number of aromatic nitrogens is 1. The molecule has 0 bridgehead atoms. The maximum atomic E-state index is 5.74. The summed E-state index contributed by atoms with van der Waals surface area (Å²) in [5.74, 6) is 2.61. The smallest absolute Gasteiger partial charge is 0.208 e. The summed E-state index contributed by atoms with van der Waals surface area (Å²) < 4.78 is 11.3. The molecule has 3 aromatic rings. The van der Waals surface area contributed by atoms with Gasteiger partial charge in [-0.2, -0.15) is 0 Å². The second kappa shape index (κ2) is 5.51. The quantitative estimate of drug-likeness (QED) is 0.770. The molecule has 0 aliphatic heterocycles. The van der Waals surface area contributed by atoms with Gasteiger partial charge in [-0.15, -0.1) is 0 Å². The van der Waals surface area contributed by atoms with E-state index in [1.54, 1.807) is 6.20 Å². The van der Waals surface area contributed by atoms with Gasteiger partial charge in [0.05, 0.1) is 12.7 Å². The van der Waals surface area contributed by atoms with Crippen LogP contribution in [0.4, 0.5) is 0 Å². The molecule has 0 atom stereocenters. The Balaban J connectivity index is 1.69. The van der Waals surface area contributed by atoms with E-state index >= 15 is 0 Å². The van der Waals surface area contributed by atoms with Crippen LogP contribution in [0.2, 0.25) is 0 Å². The SMILES string of the molecule is CCc1cnc(CNCc2c(C)oc3ccccc23)o1. The first-order chi connectivity index (χ1) is 9.78. The summed E-state index contributed by atoms with van der Waals surface area (Å²) in [6.07, 6.45) is 2.66. The molecule has 2 heterocycles. The van der Waals surface area contributed by atoms with Gasteiger partial charge in [-0.3, -0.25) is 0 Å². The highest BCUT2D eigenvalue weighted by molar-refractivity contribution is 5.82. The zero-order valence-corrected chi connectivity index (χ0v) is 11.8. The largest absolute Gasteiger partial charge is 0.461 e. The van der Waals surface area contributed by atoms with Crippen molar-refractivity contribution in [1.82, 2.24) is 10.3 Å². The summed E-state index contributed by atoms with van der Waals surface area (Å²) in [6, 6.07) is 8.10. The lowest BCUT2D eigenvalue weighted by Gasteiger charge is -2.01. The molecule has 0 amide bonds. The number of fused-ring (bicyclic) bond motifs is 1. The van der Waals surface area contributed by atoms with E-state index in [2.05, 4.69) is 23.3 Å². The van der Waals surface area contributed by atoms with Crippen molar-refractivity contribution in [2.45, 2.75) is 33.4 Å². The van der Waals surface area contributed by atoms with Crippen LogP contribution in [0.1, 0.15) is 29.9 Å². The van der Waals surface area contributed by atoms with Crippen LogP contribution >= 0.6 is 0 Å². The van der Waals surface area contributed by atoms with Gasteiger partial charge in [-0.1, -0.05) is 25.1 Å². The Morgan fingerprint density at radius 3 is 2.80 bits per heavy atom. The first-order valence-corrected chi connectivity index (χ1v) is 6.89. The third-order valence-corrected chi connectivity index (χ3v) is 3.43. The molecule has 0 saturated heterocycles. The molecule has 0 unspecified atom stereocenters. The van der Waals surface area contributed by atoms with Crippen molar-refractivity contribution in [3.8, 4) is 0 Å². The second-order valence-corrected chi connectivity index (χ2v) is 4.81. The van der Waals surface area contributed by atoms with E-state index in [1.165, 1.54) is 10.9 Å². The molecule has 0 aliphatic rings. The molecule has 1 N–H and O–H groups in total. The molecule has 1 aromatic carbocycles. The van der Waals surface area contributed by atoms with E-state index < -0.39 is 0 Å². The number of nitrogens with one attached hydrogen (secondary N) is 1. The minimum atomic E-state index is 0.624. The molecule has 3 rings (SSSR count). The third kappa shape index (κ3) is 2.47. The lowest BCUT2D eigenvalue weighted by Crippen LogP contribution is -2.13. The third-order valence-electron chi connectivity index (χ3n) is 3.43. The molecule has 4 nitrogen and oxygen atoms in total. The maximum absolute atomic E-state index is 5.74. The molecular weight excluding hydrogens is 252 g/mol. The van der Waals surface area contributed by atoms with Crippen LogP contribution in [0.15, 0.2) is 39.3 Å². The molecule has 104 valence electrons. The standard InChI is InChI=1S/C16H18N2O2/c1-3-12-8-18-16(20-12)10-17-9-14-11(2)19-15-7-5-4-6-13(14)15/h4-8,17H,3,9-10H2,1-2H3. The number of oxazole rings is 1. The van der Waals surface area contributed by atoms with E-state index in [1.807, 2.05) is 25.1 Å². The Bertz CT molecular complexity index is 712. The van der Waals surface area contributed by atoms with Crippen LogP contribution in [0, 0.1) is 6.92 Å². The zero-order chi connectivity index (χ0) is 13.9. The number of hydrogen-bond donors (Lipinski definition) is 1. The lowest BCUT2D eigenvalue weighted by atomic mass is 10.1. The minimum absolute atomic E-state index is 0.624. The number of para-hydroxylation sites is 1. The van der Waals surface area contributed by atoms with Crippen molar-refractivity contribution < 1.29 is 8.83 Å². The van der Waals surface area contributed by atoms with Crippen molar-refractivity contribution in [3.63, 3.8) is 0 Å². The molecule has 4 heteroatoms. The van der Waals surface area contributed by atoms with E-state index in [0.29, 0.717) is 6.54 Å². The number of aryl methyl sites for hydroxylation is 2. The van der Waals surface area contributed by atoms with Crippen LogP contribution in [0.3, 0.4) is 0 Å². The molecule has 0 radical (unpaired) electrons. The van der Waals surface area contributed by atoms with Gasteiger partial charge >= 0.3 is 0 Å². The van der Waals surface area contributed by atoms with Crippen LogP contribution in [0.5, 0.6) is 0 Å². The van der Waals surface area contributed by atoms with Crippen molar-refractivity contribution >= 4 is 11.0 Å². The molecular formula is C16H18N2O2. The van der Waals surface area contributed by atoms with Gasteiger partial charge in [0.15, 0.2) is 0 Å². The number of benzene rings is 1. The predicted octanol–water partition coefficient (Wildman–Crippen LogP) is 3.58. The number of rotatable bonds is 5. The molecule has 0 fully saturated rings. The van der Waals surface area contributed by atoms with Crippen LogP contribution in [-0.4, -0.2) is 4.98 Å². The van der Waals surface area contributed by atoms with Gasteiger partial charge in [0, 0.05) is 23.9 Å². The van der Waals surface area contributed by atoms with Gasteiger partial charge in [0.25, 0.3) is 0 Å². The molecule has 2 aromatic heterocycles. The van der Waals surface area contributed by atoms with Gasteiger partial charge < -0.3 is 14.2 Å². The summed E-state index contributed by atoms with van der Waals surface area (Å²) in [4.78, 5) is 4.24. The maximum Gasteiger partial charge on any atom is 0.208 e. The fourth-order valence-electron chi connectivity index (χ4n) is 2.33. The van der Waals surface area contributed by atoms with E-state index in [9.17, 15) is 0 Å². The summed E-state index contributed by atoms with van der Waals surface area (Å²) in [7, 11) is 0. The van der Waals surface area contributed by atoms with Crippen LogP contribution in [-0.2, 0) is 19.5 Å². The highest BCUT2D eigenvalue weighted by atomic mass is 16.4. The Kier molecular flexibility index (Phi) is 3.56. The number of furan rings is 1. The Hall–Kier alpha value is -2.07. The van der Waals surface area contributed by atoms with Crippen molar-refractivity contribution in [2.24, 2.45) is 0 Å². The molecule has 0 spiro atoms. The normalized spacial score (nSPS) is 11.3. The fourth-order valence-corrected chi connectivity index (χ4v) is 2.33. The topological polar surface area (TPSA) is 51.2 Å². The zero-order valence-electron chi connectivity index (χ0n) is 11.8. The first kappa shape index (κ1) is 12.9. The first-order valence-electron chi connectivity index (χ1n) is 6.89. The summed E-state index contributed by atoms with van der Waals surface area (Å²) >= 11 is 0. The van der Waals surface area contributed by atoms with Gasteiger partial charge in [0.1, 0.15) is 17.1 Å². The molecule has 20 heavy (non-hydrogen) atoms. The summed E-state index contributed by atoms with van der Waals surface area (Å²) in [5, 5.41) is 4.52. The Labute approximate surface area is 117 Å². The summed E-state index contributed by atoms with van der Waals surface area (Å²) in [6.45, 7) is 5.42. The van der Waals surface area contributed by atoms with E-state index in [4.69, 9.17) is 8.83 Å². The monoisotopic (exact) mass is 270 g/mol. The van der Waals surface area contributed by atoms with E-state index in [0.717, 1.165) is 36.0 Å². The lowest BCUT2D eigenvalue weighted by molar-refractivity contribution is 0.438. The molecule has 0 aliphatic carbocycles. The van der Waals surface area contributed by atoms with Crippen molar-refractivity contribution in [3.05, 3.63) is 53.4 Å². The number of nitrogens with zero attached hydrogens (tertiary/aromatic N) is 1. The fraction of sp³-hybridized carbons (Fsp3) is 0.312. The molecule has 0 saturated carbocycles. The van der Waals surface area contributed by atoms with Crippen LogP contribution in [0.25, 0.3) is 11.0 Å². The summed E-state index contributed by atoms with van der Waals surface area (Å²) in [5.41, 5.74) is 2.13. The van der Waals surface area contributed by atoms with Crippen LogP contribution < -0.4 is 5.32 Å². The predicted molar refractivity (Wildman–Crippen MR) is 77.4 cm³/mol. The van der Waals surface area contributed by atoms with Gasteiger partial charge in [-0.25, -0.2) is 4.98 Å². The Morgan fingerprint density at radius 2 is 2.00 bits per heavy atom. The Morgan fingerprint density at radius 1 is 1.15 bits per heavy atom. The highest BCUT2D eigenvalue weighted by Gasteiger charge is 2.10. The highest BCUT2D eigenvalue weighted by Crippen LogP contribution is 2.24. The van der Waals surface area contributed by atoms with Gasteiger partial charge in [0.2, 0.25) is 5.89 Å². The number of hydrogen-bond acceptors (Lipinski definition) is 4. The van der Waals surface area contributed by atoms with Crippen molar-refractivity contribution in [2.75, 3.05) is 0 Å². The van der Waals surface area contributed by atoms with Gasteiger partial charge in [-0.05, 0) is 13.0 Å².